The fourth-order valence-electron chi connectivity index (χ4n) is 1.86. The van der Waals surface area contributed by atoms with Gasteiger partial charge in [0.2, 0.25) is 0 Å². The molecule has 13 heteroatoms. The van der Waals surface area contributed by atoms with Gasteiger partial charge in [-0.05, 0) is 61.2 Å². The smallest absolute Gasteiger partial charge is 0.400 e. The van der Waals surface area contributed by atoms with Crippen LogP contribution in [0.15, 0.2) is 0 Å². The summed E-state index contributed by atoms with van der Waals surface area (Å²) in [7, 11) is 0.479. The zero-order valence-electron chi connectivity index (χ0n) is 23.4. The summed E-state index contributed by atoms with van der Waals surface area (Å²) in [6.45, 7) is 18.2. The highest BCUT2D eigenvalue weighted by molar-refractivity contribution is 6.60. The van der Waals surface area contributed by atoms with Gasteiger partial charge in [-0.15, -0.1) is 0 Å². The van der Waals surface area contributed by atoms with Gasteiger partial charge in [-0.1, -0.05) is 14.4 Å². The molecule has 218 valence electrons. The average Bonchev–Trinajstić information content (AvgIpc) is 2.84. The quantitative estimate of drug-likeness (QED) is 0.204. The summed E-state index contributed by atoms with van der Waals surface area (Å²) in [4.78, 5) is 0. The molecule has 0 rings (SSSR count). The van der Waals surface area contributed by atoms with Crippen molar-refractivity contribution in [1.82, 2.24) is 0 Å². The highest BCUT2D eigenvalue weighted by atomic mass is 28.4. The van der Waals surface area contributed by atoms with E-state index < -0.39 is 17.6 Å². The molecule has 0 aliphatic carbocycles. The Morgan fingerprint density at radius 3 is 1.03 bits per heavy atom. The van der Waals surface area contributed by atoms with Gasteiger partial charge >= 0.3 is 17.6 Å². The number of hydrogen-bond donors (Lipinski definition) is 5. The van der Waals surface area contributed by atoms with E-state index in [0.29, 0.717) is 45.6 Å². The SMILES string of the molecule is C.CCCN.CCO[Si](C)(OC)OCC.CCO[Si](CCN)(OCC)OCC.CN.CO.CO. The topological polar surface area (TPSA) is 174 Å². The van der Waals surface area contributed by atoms with Crippen molar-refractivity contribution in [2.24, 2.45) is 17.2 Å². The molecule has 0 aliphatic heterocycles. The van der Waals surface area contributed by atoms with E-state index in [1.54, 1.807) is 7.11 Å². The number of hydrogen-bond acceptors (Lipinski definition) is 11. The zero-order valence-corrected chi connectivity index (χ0v) is 25.4. The van der Waals surface area contributed by atoms with Crippen molar-refractivity contribution >= 4 is 17.6 Å². The Labute approximate surface area is 214 Å². The van der Waals surface area contributed by atoms with Gasteiger partial charge in [-0.25, -0.2) is 0 Å². The molecular weight excluding hydrogens is 478 g/mol. The van der Waals surface area contributed by atoms with Crippen LogP contribution in [-0.2, 0) is 26.6 Å². The Hall–Kier alpha value is -0.00623. The van der Waals surface area contributed by atoms with Crippen LogP contribution in [0.5, 0.6) is 0 Å². The van der Waals surface area contributed by atoms with E-state index >= 15 is 0 Å². The predicted octanol–water partition coefficient (Wildman–Crippen LogP) is 2.05. The minimum Gasteiger partial charge on any atom is -0.400 e. The second-order valence-corrected chi connectivity index (χ2v) is 10.7. The standard InChI is InChI=1S/C8H21NO3Si.C6H16O3Si.C3H9N.CH5N.2CH4O.CH4/c1-4-10-13(8-7-9,11-5-2)12-6-3;1-5-8-10(4,7-3)9-6-2;1-2-3-4;3*1-2;/h4-9H2,1-3H3;5-6H2,1-4H3;2-4H2,1H3;2H2,1H3;2*2H,1H3;1H4. The predicted molar refractivity (Wildman–Crippen MR) is 149 cm³/mol. The van der Waals surface area contributed by atoms with Crippen LogP contribution >= 0.6 is 0 Å². The monoisotopic (exact) mass is 541 g/mol. The molecule has 0 spiro atoms. The van der Waals surface area contributed by atoms with Gasteiger partial charge in [0.05, 0.1) is 0 Å². The molecule has 0 unspecified atom stereocenters. The van der Waals surface area contributed by atoms with E-state index in [1.165, 1.54) is 7.05 Å². The number of nitrogens with two attached hydrogens (primary N) is 3. The van der Waals surface area contributed by atoms with Crippen molar-refractivity contribution in [3.05, 3.63) is 0 Å². The molecule has 0 aliphatic rings. The highest BCUT2D eigenvalue weighted by Crippen LogP contribution is 2.14. The van der Waals surface area contributed by atoms with Crippen molar-refractivity contribution in [3.63, 3.8) is 0 Å². The Kier molecular flexibility index (Phi) is 69.2. The molecule has 0 aromatic rings. The third kappa shape index (κ3) is 39.2. The maximum absolute atomic E-state index is 7.00. The first kappa shape index (κ1) is 50.8. The normalized spacial score (nSPS) is 9.53. The largest absolute Gasteiger partial charge is 0.502 e. The first-order valence-electron chi connectivity index (χ1n) is 11.5. The molecule has 0 amide bonds. The fraction of sp³-hybridized carbons (Fsp3) is 1.00. The highest BCUT2D eigenvalue weighted by Gasteiger charge is 2.39. The van der Waals surface area contributed by atoms with Crippen LogP contribution in [0.3, 0.4) is 0 Å². The first-order valence-corrected chi connectivity index (χ1v) is 15.6. The lowest BCUT2D eigenvalue weighted by Crippen LogP contribution is -2.47. The number of rotatable bonds is 14. The Bertz CT molecular complexity index is 265. The second-order valence-electron chi connectivity index (χ2n) is 5.24. The van der Waals surface area contributed by atoms with E-state index in [0.717, 1.165) is 27.2 Å². The van der Waals surface area contributed by atoms with Gasteiger partial charge in [0, 0.05) is 67.0 Å². The molecule has 8 N–H and O–H groups in total. The lowest BCUT2D eigenvalue weighted by Gasteiger charge is -2.27. The third-order valence-electron chi connectivity index (χ3n) is 3.02. The maximum atomic E-state index is 7.00. The summed E-state index contributed by atoms with van der Waals surface area (Å²) in [5.74, 6) is 0. The van der Waals surface area contributed by atoms with E-state index in [4.69, 9.17) is 48.2 Å². The molecule has 0 atom stereocenters. The molecule has 0 saturated heterocycles. The van der Waals surface area contributed by atoms with Crippen LogP contribution in [0.1, 0.15) is 55.4 Å². The summed E-state index contributed by atoms with van der Waals surface area (Å²) >= 11 is 0. The molecule has 0 heterocycles. The Morgan fingerprint density at radius 1 is 0.618 bits per heavy atom. The Balaban J connectivity index is -0.0000000616. The minimum absolute atomic E-state index is 0. The van der Waals surface area contributed by atoms with Crippen molar-refractivity contribution in [2.75, 3.05) is 74.5 Å². The molecule has 0 radical (unpaired) electrons. The van der Waals surface area contributed by atoms with Crippen LogP contribution < -0.4 is 17.2 Å². The lowest BCUT2D eigenvalue weighted by molar-refractivity contribution is 0.0719. The summed E-state index contributed by atoms with van der Waals surface area (Å²) in [6.07, 6.45) is 1.10. The van der Waals surface area contributed by atoms with Crippen molar-refractivity contribution in [2.45, 2.75) is 68.0 Å². The third-order valence-corrected chi connectivity index (χ3v) is 8.47. The summed E-state index contributed by atoms with van der Waals surface area (Å²) in [5.41, 5.74) is 15.0. The van der Waals surface area contributed by atoms with Crippen LogP contribution in [0.25, 0.3) is 0 Å². The van der Waals surface area contributed by atoms with E-state index in [-0.39, 0.29) is 7.43 Å². The maximum Gasteiger partial charge on any atom is 0.502 e. The molecule has 34 heavy (non-hydrogen) atoms. The van der Waals surface area contributed by atoms with Gasteiger partial charge in [0.1, 0.15) is 0 Å². The lowest BCUT2D eigenvalue weighted by atomic mass is 10.5. The first-order chi connectivity index (χ1) is 15.8. The van der Waals surface area contributed by atoms with E-state index in [9.17, 15) is 0 Å². The van der Waals surface area contributed by atoms with Gasteiger partial charge in [0.25, 0.3) is 0 Å². The molecule has 0 aromatic heterocycles. The molecule has 0 bridgehead atoms. The fourth-order valence-corrected chi connectivity index (χ4v) is 5.59. The van der Waals surface area contributed by atoms with Gasteiger partial charge in [-0.3, -0.25) is 0 Å². The molecule has 0 aromatic carbocycles. The summed E-state index contributed by atoms with van der Waals surface area (Å²) in [6, 6.07) is 0.697. The van der Waals surface area contributed by atoms with Crippen LogP contribution in [0.2, 0.25) is 12.6 Å². The van der Waals surface area contributed by atoms with E-state index in [1.807, 2.05) is 41.2 Å². The summed E-state index contributed by atoms with van der Waals surface area (Å²) in [5, 5.41) is 14.0. The van der Waals surface area contributed by atoms with Crippen LogP contribution in [0.4, 0.5) is 0 Å². The van der Waals surface area contributed by atoms with Gasteiger partial charge in [0.15, 0.2) is 0 Å². The van der Waals surface area contributed by atoms with Crippen molar-refractivity contribution < 1.29 is 36.8 Å². The molecular formula is C21H63N3O8Si2. The van der Waals surface area contributed by atoms with Crippen LogP contribution in [-0.4, -0.2) is 102 Å². The van der Waals surface area contributed by atoms with Gasteiger partial charge in [-0.2, -0.15) is 0 Å². The molecule has 0 saturated carbocycles. The van der Waals surface area contributed by atoms with Crippen molar-refractivity contribution in [3.8, 4) is 0 Å². The molecule has 0 fully saturated rings. The molecule has 11 nitrogen and oxygen atoms in total. The zero-order chi connectivity index (χ0) is 27.6. The van der Waals surface area contributed by atoms with E-state index in [2.05, 4.69) is 12.7 Å². The summed E-state index contributed by atoms with van der Waals surface area (Å²) < 4.78 is 32.4. The van der Waals surface area contributed by atoms with Crippen LogP contribution in [0, 0.1) is 0 Å². The minimum atomic E-state index is -2.42. The number of aliphatic hydroxyl groups excluding tert-OH is 2. The number of aliphatic hydroxyl groups is 2. The van der Waals surface area contributed by atoms with Crippen molar-refractivity contribution in [1.29, 1.82) is 0 Å². The Morgan fingerprint density at radius 2 is 0.882 bits per heavy atom. The second kappa shape index (κ2) is 46.3. The van der Waals surface area contributed by atoms with Gasteiger partial charge < -0.3 is 54.0 Å². The average molecular weight is 542 g/mol.